The van der Waals surface area contributed by atoms with Crippen LogP contribution in [-0.2, 0) is 20.7 Å². The van der Waals surface area contributed by atoms with Crippen LogP contribution in [0.3, 0.4) is 0 Å². The van der Waals surface area contributed by atoms with Crippen molar-refractivity contribution in [1.82, 2.24) is 0 Å². The molecule has 0 radical (unpaired) electrons. The predicted octanol–water partition coefficient (Wildman–Crippen LogP) is 3.14. The van der Waals surface area contributed by atoms with E-state index in [1.807, 2.05) is 0 Å². The number of rotatable bonds is 7. The van der Waals surface area contributed by atoms with Crippen LogP contribution in [0, 0.1) is 0 Å². The molecule has 0 aliphatic carbocycles. The fraction of sp³-hybridized carbons (Fsp3) is 0.360. The third-order valence-electron chi connectivity index (χ3n) is 5.74. The Kier molecular flexibility index (Phi) is 6.44. The van der Waals surface area contributed by atoms with E-state index in [1.165, 1.54) is 13.8 Å². The van der Waals surface area contributed by atoms with Gasteiger partial charge in [-0.15, -0.1) is 0 Å². The molecule has 8 nitrogen and oxygen atoms in total. The lowest BCUT2D eigenvalue weighted by Crippen LogP contribution is -2.26. The highest BCUT2D eigenvalue weighted by Crippen LogP contribution is 2.31. The zero-order chi connectivity index (χ0) is 23.5. The van der Waals surface area contributed by atoms with Crippen LogP contribution in [0.5, 0.6) is 11.5 Å². The number of fused-ring (bicyclic) bond motifs is 2. The number of esters is 1. The molecule has 4 rings (SSSR count). The van der Waals surface area contributed by atoms with Crippen molar-refractivity contribution in [1.29, 1.82) is 0 Å². The molecule has 172 valence electrons. The van der Waals surface area contributed by atoms with E-state index in [-0.39, 0.29) is 30.3 Å². The van der Waals surface area contributed by atoms with Gasteiger partial charge in [0, 0.05) is 36.7 Å². The molecule has 2 aromatic rings. The molecule has 8 heteroatoms. The number of hydrogen-bond acceptors (Lipinski definition) is 7. The standard InChI is InChI=1S/C25H25NO7/c1-15(25(30)19-3-5-20-17(13-19)9-10-26(20)16(2)27)33-24(29)8-6-21(28)18-4-7-22-23(14-18)32-12-11-31-22/h3-5,7,13-15H,6,8-12H2,1-2H3. The number of anilines is 1. The summed E-state index contributed by atoms with van der Waals surface area (Å²) in [4.78, 5) is 50.8. The molecule has 2 heterocycles. The van der Waals surface area contributed by atoms with Crippen molar-refractivity contribution in [2.24, 2.45) is 0 Å². The van der Waals surface area contributed by atoms with E-state index in [0.717, 1.165) is 11.3 Å². The molecular weight excluding hydrogens is 426 g/mol. The van der Waals surface area contributed by atoms with Gasteiger partial charge < -0.3 is 19.1 Å². The third-order valence-corrected chi connectivity index (χ3v) is 5.74. The van der Waals surface area contributed by atoms with E-state index >= 15 is 0 Å². The van der Waals surface area contributed by atoms with Gasteiger partial charge in [-0.25, -0.2) is 0 Å². The second kappa shape index (κ2) is 9.44. The average molecular weight is 451 g/mol. The Morgan fingerprint density at radius 3 is 2.45 bits per heavy atom. The van der Waals surface area contributed by atoms with Gasteiger partial charge in [-0.2, -0.15) is 0 Å². The van der Waals surface area contributed by atoms with Gasteiger partial charge in [-0.1, -0.05) is 0 Å². The first kappa shape index (κ1) is 22.5. The fourth-order valence-electron chi connectivity index (χ4n) is 4.00. The zero-order valence-electron chi connectivity index (χ0n) is 18.6. The van der Waals surface area contributed by atoms with Crippen LogP contribution in [0.25, 0.3) is 0 Å². The lowest BCUT2D eigenvalue weighted by Gasteiger charge is -2.18. The summed E-state index contributed by atoms with van der Waals surface area (Å²) in [6.45, 7) is 4.49. The lowest BCUT2D eigenvalue weighted by molar-refractivity contribution is -0.146. The van der Waals surface area contributed by atoms with E-state index < -0.39 is 12.1 Å². The second-order valence-corrected chi connectivity index (χ2v) is 8.04. The highest BCUT2D eigenvalue weighted by atomic mass is 16.6. The van der Waals surface area contributed by atoms with Gasteiger partial charge in [-0.3, -0.25) is 19.2 Å². The maximum atomic E-state index is 12.7. The maximum Gasteiger partial charge on any atom is 0.306 e. The molecule has 0 fully saturated rings. The molecule has 33 heavy (non-hydrogen) atoms. The molecule has 2 aliphatic rings. The minimum absolute atomic E-state index is 0.0408. The van der Waals surface area contributed by atoms with Gasteiger partial charge in [0.1, 0.15) is 13.2 Å². The second-order valence-electron chi connectivity index (χ2n) is 8.04. The van der Waals surface area contributed by atoms with E-state index in [0.29, 0.717) is 48.8 Å². The number of ether oxygens (including phenoxy) is 3. The van der Waals surface area contributed by atoms with Crippen LogP contribution in [0.4, 0.5) is 5.69 Å². The average Bonchev–Trinajstić information content (AvgIpc) is 3.25. The Morgan fingerprint density at radius 2 is 1.70 bits per heavy atom. The quantitative estimate of drug-likeness (QED) is 0.471. The fourth-order valence-corrected chi connectivity index (χ4v) is 4.00. The van der Waals surface area contributed by atoms with Crippen LogP contribution in [-0.4, -0.2) is 49.3 Å². The Hall–Kier alpha value is -3.68. The van der Waals surface area contributed by atoms with Gasteiger partial charge >= 0.3 is 5.97 Å². The van der Waals surface area contributed by atoms with Gasteiger partial charge in [0.2, 0.25) is 11.7 Å². The van der Waals surface area contributed by atoms with Crippen molar-refractivity contribution in [3.05, 3.63) is 53.1 Å². The van der Waals surface area contributed by atoms with E-state index in [9.17, 15) is 19.2 Å². The first-order valence-electron chi connectivity index (χ1n) is 10.9. The molecule has 0 spiro atoms. The summed E-state index contributed by atoms with van der Waals surface area (Å²) in [6.07, 6.45) is -0.487. The SMILES string of the molecule is CC(=O)N1CCc2cc(C(=O)C(C)OC(=O)CCC(=O)c3ccc4c(c3)OCCO4)ccc21. The molecule has 0 saturated carbocycles. The minimum Gasteiger partial charge on any atom is -0.486 e. The van der Waals surface area contributed by atoms with Gasteiger partial charge in [-0.05, 0) is 55.3 Å². The highest BCUT2D eigenvalue weighted by Gasteiger charge is 2.26. The summed E-state index contributed by atoms with van der Waals surface area (Å²) in [6, 6.07) is 10.0. The topological polar surface area (TPSA) is 99.2 Å². The van der Waals surface area contributed by atoms with Crippen molar-refractivity contribution < 1.29 is 33.4 Å². The molecule has 2 aromatic carbocycles. The largest absolute Gasteiger partial charge is 0.486 e. The first-order valence-corrected chi connectivity index (χ1v) is 10.9. The van der Waals surface area contributed by atoms with Crippen LogP contribution < -0.4 is 14.4 Å². The number of hydrogen-bond donors (Lipinski definition) is 0. The number of benzene rings is 2. The van der Waals surface area contributed by atoms with Crippen molar-refractivity contribution in [2.75, 3.05) is 24.7 Å². The number of Topliss-reactive ketones (excluding diaryl/α,β-unsaturated/α-hetero) is 2. The van der Waals surface area contributed by atoms with Crippen LogP contribution in [0.2, 0.25) is 0 Å². The number of amides is 1. The summed E-state index contributed by atoms with van der Waals surface area (Å²) in [7, 11) is 0. The molecular formula is C25H25NO7. The maximum absolute atomic E-state index is 12.7. The molecule has 2 aliphatic heterocycles. The number of carbonyl (C=O) groups is 4. The zero-order valence-corrected chi connectivity index (χ0v) is 18.6. The molecule has 0 bridgehead atoms. The molecule has 1 unspecified atom stereocenters. The summed E-state index contributed by atoms with van der Waals surface area (Å²) < 4.78 is 16.2. The lowest BCUT2D eigenvalue weighted by atomic mass is 10.0. The number of carbonyl (C=O) groups excluding carboxylic acids is 4. The Labute approximate surface area is 191 Å². The Balaban J connectivity index is 1.31. The molecule has 0 aromatic heterocycles. The monoisotopic (exact) mass is 451 g/mol. The van der Waals surface area contributed by atoms with E-state index in [1.54, 1.807) is 41.3 Å². The molecule has 0 N–H and O–H groups in total. The molecule has 0 saturated heterocycles. The summed E-state index contributed by atoms with van der Waals surface area (Å²) in [5.41, 5.74) is 2.57. The normalized spacial score (nSPS) is 14.9. The van der Waals surface area contributed by atoms with E-state index in [4.69, 9.17) is 14.2 Å². The van der Waals surface area contributed by atoms with Crippen molar-refractivity contribution in [2.45, 2.75) is 39.2 Å². The van der Waals surface area contributed by atoms with E-state index in [2.05, 4.69) is 0 Å². The van der Waals surface area contributed by atoms with Crippen LogP contribution >= 0.6 is 0 Å². The third kappa shape index (κ3) is 4.89. The van der Waals surface area contributed by atoms with Crippen molar-refractivity contribution in [3.63, 3.8) is 0 Å². The van der Waals surface area contributed by atoms with Gasteiger partial charge in [0.15, 0.2) is 23.4 Å². The summed E-state index contributed by atoms with van der Waals surface area (Å²) in [5.74, 6) is -0.117. The highest BCUT2D eigenvalue weighted by molar-refractivity contribution is 6.02. The van der Waals surface area contributed by atoms with Crippen LogP contribution in [0.15, 0.2) is 36.4 Å². The first-order chi connectivity index (χ1) is 15.8. The minimum atomic E-state index is -0.981. The smallest absolute Gasteiger partial charge is 0.306 e. The van der Waals surface area contributed by atoms with Gasteiger partial charge in [0.05, 0.1) is 6.42 Å². The Bertz CT molecular complexity index is 1120. The summed E-state index contributed by atoms with van der Waals surface area (Å²) >= 11 is 0. The number of ketones is 2. The van der Waals surface area contributed by atoms with Crippen LogP contribution in [0.1, 0.15) is 53.0 Å². The van der Waals surface area contributed by atoms with Gasteiger partial charge in [0.25, 0.3) is 0 Å². The Morgan fingerprint density at radius 1 is 0.970 bits per heavy atom. The van der Waals surface area contributed by atoms with Crippen molar-refractivity contribution >= 4 is 29.1 Å². The number of nitrogens with zero attached hydrogens (tertiary/aromatic N) is 1. The summed E-state index contributed by atoms with van der Waals surface area (Å²) in [5, 5.41) is 0. The predicted molar refractivity (Wildman–Crippen MR) is 119 cm³/mol. The molecule has 1 atom stereocenters. The molecule has 1 amide bonds. The van der Waals surface area contributed by atoms with Crippen molar-refractivity contribution in [3.8, 4) is 11.5 Å².